The summed E-state index contributed by atoms with van der Waals surface area (Å²) in [5.74, 6) is 2.86. The SMILES string of the molecule is CC(C)Cc1cc(-c2ccccc2O)cc(C2C=C3CCCCC3=C(N(c3ccccc3)c3ccccn3)N2)c1. The third-order valence-electron chi connectivity index (χ3n) is 7.81. The molecule has 0 radical (unpaired) electrons. The Kier molecular flexibility index (Phi) is 7.41. The van der Waals surface area contributed by atoms with Crippen molar-refractivity contribution in [3.63, 3.8) is 0 Å². The summed E-state index contributed by atoms with van der Waals surface area (Å²) in [5.41, 5.74) is 8.32. The van der Waals surface area contributed by atoms with Crippen molar-refractivity contribution in [2.24, 2.45) is 5.92 Å². The van der Waals surface area contributed by atoms with Crippen LogP contribution in [-0.2, 0) is 6.42 Å². The molecule has 2 aliphatic rings. The number of dihydropyridines is 1. The number of anilines is 2. The highest BCUT2D eigenvalue weighted by molar-refractivity contribution is 5.72. The van der Waals surface area contributed by atoms with Crippen LogP contribution in [0.1, 0.15) is 56.7 Å². The van der Waals surface area contributed by atoms with Crippen molar-refractivity contribution in [1.82, 2.24) is 10.3 Å². The van der Waals surface area contributed by atoms with Crippen LogP contribution in [0.2, 0.25) is 0 Å². The number of nitrogens with zero attached hydrogens (tertiary/aromatic N) is 2. The average molecular weight is 528 g/mol. The van der Waals surface area contributed by atoms with E-state index in [9.17, 15) is 5.11 Å². The van der Waals surface area contributed by atoms with E-state index in [2.05, 4.69) is 90.8 Å². The molecule has 202 valence electrons. The number of allylic oxidation sites excluding steroid dienone is 2. The monoisotopic (exact) mass is 527 g/mol. The number of fused-ring (bicyclic) bond motifs is 1. The standard InChI is InChI=1S/C36H37N3O/c1-25(2)20-26-21-28(31-15-8-9-17-34(31)40)23-29(22-26)33-24-27-12-6-7-16-32(27)36(38-33)39(30-13-4-3-5-14-30)35-18-10-11-19-37-35/h3-5,8-11,13-15,17-19,21-25,33,38,40H,6-7,12,16,20H2,1-2H3. The second-order valence-electron chi connectivity index (χ2n) is 11.3. The number of aromatic hydroxyl groups is 1. The van der Waals surface area contributed by atoms with E-state index in [-0.39, 0.29) is 6.04 Å². The number of hydrogen-bond acceptors (Lipinski definition) is 4. The van der Waals surface area contributed by atoms with Gasteiger partial charge in [0.2, 0.25) is 0 Å². The third-order valence-corrected chi connectivity index (χ3v) is 7.81. The van der Waals surface area contributed by atoms with Crippen LogP contribution in [0.5, 0.6) is 5.75 Å². The minimum atomic E-state index is -0.00140. The number of hydrogen-bond donors (Lipinski definition) is 2. The molecule has 4 nitrogen and oxygen atoms in total. The highest BCUT2D eigenvalue weighted by atomic mass is 16.3. The second-order valence-corrected chi connectivity index (χ2v) is 11.3. The van der Waals surface area contributed by atoms with Crippen molar-refractivity contribution in [3.05, 3.63) is 131 Å². The maximum atomic E-state index is 10.7. The van der Waals surface area contributed by atoms with E-state index >= 15 is 0 Å². The number of pyridine rings is 1. The van der Waals surface area contributed by atoms with Crippen molar-refractivity contribution in [3.8, 4) is 16.9 Å². The van der Waals surface area contributed by atoms with Crippen molar-refractivity contribution in [1.29, 1.82) is 0 Å². The van der Waals surface area contributed by atoms with E-state index in [1.807, 2.05) is 30.5 Å². The first-order valence-electron chi connectivity index (χ1n) is 14.5. The molecule has 2 N–H and O–H groups in total. The van der Waals surface area contributed by atoms with Crippen LogP contribution in [0.15, 0.2) is 120 Å². The summed E-state index contributed by atoms with van der Waals surface area (Å²) in [6.07, 6.45) is 9.81. The van der Waals surface area contributed by atoms with Crippen LogP contribution in [-0.4, -0.2) is 10.1 Å². The Balaban J connectivity index is 1.48. The summed E-state index contributed by atoms with van der Waals surface area (Å²) >= 11 is 0. The van der Waals surface area contributed by atoms with E-state index in [0.29, 0.717) is 11.7 Å². The lowest BCUT2D eigenvalue weighted by atomic mass is 9.84. The van der Waals surface area contributed by atoms with Crippen molar-refractivity contribution in [2.75, 3.05) is 4.90 Å². The van der Waals surface area contributed by atoms with Crippen LogP contribution < -0.4 is 10.2 Å². The summed E-state index contributed by atoms with van der Waals surface area (Å²) in [6, 6.07) is 31.1. The van der Waals surface area contributed by atoms with E-state index < -0.39 is 0 Å². The molecule has 2 heterocycles. The molecule has 1 aromatic heterocycles. The highest BCUT2D eigenvalue weighted by Gasteiger charge is 2.30. The maximum absolute atomic E-state index is 10.7. The van der Waals surface area contributed by atoms with Crippen LogP contribution in [0.3, 0.4) is 0 Å². The van der Waals surface area contributed by atoms with Crippen LogP contribution >= 0.6 is 0 Å². The van der Waals surface area contributed by atoms with Gasteiger partial charge in [-0.05, 0) is 102 Å². The summed E-state index contributed by atoms with van der Waals surface area (Å²) < 4.78 is 0. The largest absolute Gasteiger partial charge is 0.507 e. The number of para-hydroxylation sites is 2. The molecule has 6 rings (SSSR count). The Bertz CT molecular complexity index is 1500. The number of aromatic nitrogens is 1. The summed E-state index contributed by atoms with van der Waals surface area (Å²) in [4.78, 5) is 7.06. The van der Waals surface area contributed by atoms with Gasteiger partial charge in [-0.2, -0.15) is 0 Å². The van der Waals surface area contributed by atoms with Gasteiger partial charge in [0, 0.05) is 17.4 Å². The van der Waals surface area contributed by atoms with Crippen molar-refractivity contribution < 1.29 is 5.11 Å². The Morgan fingerprint density at radius 2 is 1.68 bits per heavy atom. The lowest BCUT2D eigenvalue weighted by Crippen LogP contribution is -2.36. The molecule has 4 heteroatoms. The lowest BCUT2D eigenvalue weighted by Gasteiger charge is -2.38. The van der Waals surface area contributed by atoms with Crippen LogP contribution in [0.4, 0.5) is 11.5 Å². The lowest BCUT2D eigenvalue weighted by molar-refractivity contribution is 0.477. The number of benzene rings is 3. The van der Waals surface area contributed by atoms with Gasteiger partial charge < -0.3 is 10.4 Å². The first-order valence-corrected chi connectivity index (χ1v) is 14.5. The molecule has 3 aromatic carbocycles. The van der Waals surface area contributed by atoms with Gasteiger partial charge in [0.05, 0.1) is 6.04 Å². The van der Waals surface area contributed by atoms with Crippen molar-refractivity contribution >= 4 is 11.5 Å². The minimum Gasteiger partial charge on any atom is -0.507 e. The Morgan fingerprint density at radius 1 is 0.900 bits per heavy atom. The molecule has 1 fully saturated rings. The predicted molar refractivity (Wildman–Crippen MR) is 164 cm³/mol. The third kappa shape index (κ3) is 5.40. The van der Waals surface area contributed by atoms with Gasteiger partial charge >= 0.3 is 0 Å². The zero-order valence-electron chi connectivity index (χ0n) is 23.3. The van der Waals surface area contributed by atoms with Crippen LogP contribution in [0, 0.1) is 5.92 Å². The fraction of sp³-hybridized carbons (Fsp3) is 0.250. The Hall–Kier alpha value is -4.31. The first kappa shape index (κ1) is 25.9. The van der Waals surface area contributed by atoms with E-state index in [1.54, 1.807) is 6.07 Å². The maximum Gasteiger partial charge on any atom is 0.138 e. The summed E-state index contributed by atoms with van der Waals surface area (Å²) in [5, 5.41) is 14.7. The van der Waals surface area contributed by atoms with Gasteiger partial charge in [0.1, 0.15) is 17.4 Å². The molecule has 1 aliphatic heterocycles. The molecule has 0 amide bonds. The molecule has 1 saturated carbocycles. The molecule has 0 saturated heterocycles. The number of phenolic OH excluding ortho intramolecular Hbond substituents is 1. The van der Waals surface area contributed by atoms with Gasteiger partial charge in [-0.1, -0.05) is 74.5 Å². The molecule has 4 aromatic rings. The molecule has 0 bridgehead atoms. The zero-order chi connectivity index (χ0) is 27.5. The second kappa shape index (κ2) is 11.4. The van der Waals surface area contributed by atoms with Gasteiger partial charge in [0.25, 0.3) is 0 Å². The van der Waals surface area contributed by atoms with Gasteiger partial charge in [-0.25, -0.2) is 4.98 Å². The van der Waals surface area contributed by atoms with Gasteiger partial charge in [-0.15, -0.1) is 0 Å². The fourth-order valence-electron chi connectivity index (χ4n) is 6.04. The zero-order valence-corrected chi connectivity index (χ0v) is 23.3. The molecule has 0 spiro atoms. The van der Waals surface area contributed by atoms with Crippen molar-refractivity contribution in [2.45, 2.75) is 52.0 Å². The first-order chi connectivity index (χ1) is 19.6. The predicted octanol–water partition coefficient (Wildman–Crippen LogP) is 8.85. The van der Waals surface area contributed by atoms with E-state index in [1.165, 1.54) is 35.1 Å². The molecular formula is C36H37N3O. The Labute approximate surface area is 237 Å². The van der Waals surface area contributed by atoms with E-state index in [0.717, 1.165) is 47.7 Å². The smallest absolute Gasteiger partial charge is 0.138 e. The summed E-state index contributed by atoms with van der Waals surface area (Å²) in [6.45, 7) is 4.51. The number of phenols is 1. The molecule has 1 atom stereocenters. The fourth-order valence-corrected chi connectivity index (χ4v) is 6.04. The minimum absolute atomic E-state index is 0.00140. The van der Waals surface area contributed by atoms with Gasteiger partial charge in [0.15, 0.2) is 0 Å². The summed E-state index contributed by atoms with van der Waals surface area (Å²) in [7, 11) is 0. The normalized spacial score (nSPS) is 16.8. The molecule has 40 heavy (non-hydrogen) atoms. The van der Waals surface area contributed by atoms with Crippen LogP contribution in [0.25, 0.3) is 11.1 Å². The molecule has 1 unspecified atom stereocenters. The Morgan fingerprint density at radius 3 is 2.45 bits per heavy atom. The number of nitrogens with one attached hydrogen (secondary N) is 1. The molecular weight excluding hydrogens is 490 g/mol. The quantitative estimate of drug-likeness (QED) is 0.252. The highest BCUT2D eigenvalue weighted by Crippen LogP contribution is 2.42. The number of rotatable bonds is 7. The van der Waals surface area contributed by atoms with Gasteiger partial charge in [-0.3, -0.25) is 4.90 Å². The van der Waals surface area contributed by atoms with E-state index in [4.69, 9.17) is 4.98 Å². The molecule has 1 aliphatic carbocycles. The average Bonchev–Trinajstić information content (AvgIpc) is 2.98. The topological polar surface area (TPSA) is 48.4 Å².